The van der Waals surface area contributed by atoms with Gasteiger partial charge in [-0.25, -0.2) is 0 Å². The molecule has 0 saturated heterocycles. The second-order valence-corrected chi connectivity index (χ2v) is 4.71. The summed E-state index contributed by atoms with van der Waals surface area (Å²) in [6, 6.07) is 13.7. The van der Waals surface area contributed by atoms with Crippen LogP contribution in [0.3, 0.4) is 0 Å². The van der Waals surface area contributed by atoms with Gasteiger partial charge in [-0.05, 0) is 31.2 Å². The van der Waals surface area contributed by atoms with Crippen molar-refractivity contribution in [2.24, 2.45) is 0 Å². The molecule has 2 rings (SSSR count). The van der Waals surface area contributed by atoms with Gasteiger partial charge < -0.3 is 10.8 Å². The van der Waals surface area contributed by atoms with Crippen LogP contribution in [0.1, 0.15) is 15.9 Å². The van der Waals surface area contributed by atoms with Crippen LogP contribution in [-0.4, -0.2) is 23.5 Å². The first-order chi connectivity index (χ1) is 9.99. The Hall–Kier alpha value is -2.82. The Morgan fingerprint density at radius 3 is 2.48 bits per heavy atom. The fraction of sp³-hybridized carbons (Fsp3) is 0.125. The first-order valence-corrected chi connectivity index (χ1v) is 6.44. The number of carbonyl (C=O) groups excluding carboxylic acids is 1. The molecule has 2 aromatic rings. The van der Waals surface area contributed by atoms with Crippen LogP contribution in [0, 0.1) is 6.92 Å². The molecule has 0 fully saturated rings. The first-order valence-electron chi connectivity index (χ1n) is 6.44. The molecule has 1 amide bonds. The van der Waals surface area contributed by atoms with E-state index in [2.05, 4.69) is 0 Å². The maximum atomic E-state index is 12.6. The van der Waals surface area contributed by atoms with E-state index in [0.29, 0.717) is 16.9 Å². The van der Waals surface area contributed by atoms with Gasteiger partial charge in [0.15, 0.2) is 0 Å². The van der Waals surface area contributed by atoms with Gasteiger partial charge in [0, 0.05) is 5.56 Å². The van der Waals surface area contributed by atoms with E-state index in [1.807, 2.05) is 13.0 Å². The number of nitrogen functional groups attached to an aromatic ring is 1. The summed E-state index contributed by atoms with van der Waals surface area (Å²) in [5, 5.41) is 9.05. The van der Waals surface area contributed by atoms with Crippen molar-refractivity contribution >= 4 is 23.3 Å². The quantitative estimate of drug-likeness (QED) is 0.844. The molecule has 2 aromatic carbocycles. The highest BCUT2D eigenvalue weighted by atomic mass is 16.4. The highest BCUT2D eigenvalue weighted by molar-refractivity contribution is 6.09. The summed E-state index contributed by atoms with van der Waals surface area (Å²) in [7, 11) is 0. The lowest BCUT2D eigenvalue weighted by Crippen LogP contribution is -2.36. The molecule has 0 aliphatic carbocycles. The van der Waals surface area contributed by atoms with E-state index >= 15 is 0 Å². The van der Waals surface area contributed by atoms with Crippen LogP contribution in [0.2, 0.25) is 0 Å². The third-order valence-corrected chi connectivity index (χ3v) is 3.03. The summed E-state index contributed by atoms with van der Waals surface area (Å²) in [4.78, 5) is 24.8. The van der Waals surface area contributed by atoms with Gasteiger partial charge in [0.2, 0.25) is 0 Å². The van der Waals surface area contributed by atoms with E-state index in [9.17, 15) is 9.59 Å². The number of hydrogen-bond acceptors (Lipinski definition) is 3. The van der Waals surface area contributed by atoms with Crippen LogP contribution >= 0.6 is 0 Å². The van der Waals surface area contributed by atoms with E-state index in [1.54, 1.807) is 42.5 Å². The summed E-state index contributed by atoms with van der Waals surface area (Å²) >= 11 is 0. The van der Waals surface area contributed by atoms with E-state index in [1.165, 1.54) is 4.90 Å². The molecule has 0 spiro atoms. The summed E-state index contributed by atoms with van der Waals surface area (Å²) in [6.07, 6.45) is 0. The van der Waals surface area contributed by atoms with E-state index < -0.39 is 12.5 Å². The summed E-state index contributed by atoms with van der Waals surface area (Å²) < 4.78 is 0. The van der Waals surface area contributed by atoms with Gasteiger partial charge in [-0.15, -0.1) is 0 Å². The number of para-hydroxylation sites is 2. The largest absolute Gasteiger partial charge is 0.480 e. The number of hydrogen-bond donors (Lipinski definition) is 2. The van der Waals surface area contributed by atoms with Crippen molar-refractivity contribution in [3.63, 3.8) is 0 Å². The molecule has 0 unspecified atom stereocenters. The molecule has 0 aromatic heterocycles. The van der Waals surface area contributed by atoms with Gasteiger partial charge in [-0.3, -0.25) is 14.5 Å². The number of aliphatic carboxylic acids is 1. The minimum Gasteiger partial charge on any atom is -0.480 e. The van der Waals surface area contributed by atoms with Crippen LogP contribution in [0.15, 0.2) is 48.5 Å². The number of nitrogens with zero attached hydrogens (tertiary/aromatic N) is 1. The van der Waals surface area contributed by atoms with E-state index in [0.717, 1.165) is 5.56 Å². The van der Waals surface area contributed by atoms with Gasteiger partial charge >= 0.3 is 5.97 Å². The van der Waals surface area contributed by atoms with Crippen molar-refractivity contribution < 1.29 is 14.7 Å². The molecule has 21 heavy (non-hydrogen) atoms. The molecule has 0 heterocycles. The minimum atomic E-state index is -1.10. The van der Waals surface area contributed by atoms with Crippen molar-refractivity contribution in [3.8, 4) is 0 Å². The van der Waals surface area contributed by atoms with Crippen molar-refractivity contribution in [2.45, 2.75) is 6.92 Å². The molecule has 0 bridgehead atoms. The van der Waals surface area contributed by atoms with Crippen LogP contribution in [0.25, 0.3) is 0 Å². The van der Waals surface area contributed by atoms with Crippen molar-refractivity contribution in [3.05, 3.63) is 59.7 Å². The van der Waals surface area contributed by atoms with Gasteiger partial charge in [-0.2, -0.15) is 0 Å². The average Bonchev–Trinajstić information content (AvgIpc) is 2.45. The van der Waals surface area contributed by atoms with Gasteiger partial charge in [0.25, 0.3) is 5.91 Å². The van der Waals surface area contributed by atoms with Crippen molar-refractivity contribution in [1.29, 1.82) is 0 Å². The third kappa shape index (κ3) is 3.39. The first kappa shape index (κ1) is 14.6. The molecule has 5 nitrogen and oxygen atoms in total. The van der Waals surface area contributed by atoms with Crippen LogP contribution in [0.5, 0.6) is 0 Å². The van der Waals surface area contributed by atoms with E-state index in [4.69, 9.17) is 10.8 Å². The van der Waals surface area contributed by atoms with Gasteiger partial charge in [0.05, 0.1) is 11.4 Å². The number of carboxylic acid groups (broad SMARTS) is 1. The highest BCUT2D eigenvalue weighted by Crippen LogP contribution is 2.24. The number of carboxylic acids is 1. The fourth-order valence-electron chi connectivity index (χ4n) is 2.07. The Morgan fingerprint density at radius 1 is 1.14 bits per heavy atom. The fourth-order valence-corrected chi connectivity index (χ4v) is 2.07. The summed E-state index contributed by atoms with van der Waals surface area (Å²) in [6.45, 7) is 1.43. The molecule has 0 aliphatic rings. The molecule has 0 aliphatic heterocycles. The molecule has 0 saturated carbocycles. The Labute approximate surface area is 122 Å². The van der Waals surface area contributed by atoms with Gasteiger partial charge in [-0.1, -0.05) is 29.8 Å². The normalized spacial score (nSPS) is 10.1. The zero-order valence-corrected chi connectivity index (χ0v) is 11.6. The van der Waals surface area contributed by atoms with Crippen LogP contribution in [-0.2, 0) is 4.79 Å². The molecule has 3 N–H and O–H groups in total. The smallest absolute Gasteiger partial charge is 0.323 e. The molecule has 0 atom stereocenters. The highest BCUT2D eigenvalue weighted by Gasteiger charge is 2.22. The predicted molar refractivity (Wildman–Crippen MR) is 81.3 cm³/mol. The standard InChI is InChI=1S/C16H16N2O3/c1-11-5-4-6-12(9-11)16(21)18(10-15(19)20)14-8-3-2-7-13(14)17/h2-9H,10,17H2,1H3,(H,19,20). The average molecular weight is 284 g/mol. The maximum absolute atomic E-state index is 12.6. The van der Waals surface area contributed by atoms with Crippen molar-refractivity contribution in [2.75, 3.05) is 17.2 Å². The number of amides is 1. The third-order valence-electron chi connectivity index (χ3n) is 3.03. The van der Waals surface area contributed by atoms with Gasteiger partial charge in [0.1, 0.15) is 6.54 Å². The van der Waals surface area contributed by atoms with E-state index in [-0.39, 0.29) is 5.91 Å². The number of benzene rings is 2. The molecule has 108 valence electrons. The van der Waals surface area contributed by atoms with Crippen molar-refractivity contribution in [1.82, 2.24) is 0 Å². The SMILES string of the molecule is Cc1cccc(C(=O)N(CC(=O)O)c2ccccc2N)c1. The summed E-state index contributed by atoms with van der Waals surface area (Å²) in [5.41, 5.74) is 7.97. The number of nitrogens with two attached hydrogens (primary N) is 1. The maximum Gasteiger partial charge on any atom is 0.323 e. The second kappa shape index (κ2) is 6.09. The lowest BCUT2D eigenvalue weighted by Gasteiger charge is -2.22. The zero-order valence-electron chi connectivity index (χ0n) is 11.6. The minimum absolute atomic E-state index is 0.361. The Bertz CT molecular complexity index is 683. The Kier molecular flexibility index (Phi) is 4.23. The lowest BCUT2D eigenvalue weighted by atomic mass is 10.1. The zero-order chi connectivity index (χ0) is 15.4. The lowest BCUT2D eigenvalue weighted by molar-refractivity contribution is -0.135. The molecule has 0 radical (unpaired) electrons. The number of anilines is 2. The Morgan fingerprint density at radius 2 is 1.86 bits per heavy atom. The number of carbonyl (C=O) groups is 2. The predicted octanol–water partition coefficient (Wildman–Crippen LogP) is 2.31. The summed E-state index contributed by atoms with van der Waals surface area (Å²) in [5.74, 6) is -1.49. The van der Waals surface area contributed by atoms with Crippen LogP contribution < -0.4 is 10.6 Å². The second-order valence-electron chi connectivity index (χ2n) is 4.71. The number of aryl methyl sites for hydroxylation is 1. The Balaban J connectivity index is 2.43. The monoisotopic (exact) mass is 284 g/mol. The number of rotatable bonds is 4. The molecular formula is C16H16N2O3. The van der Waals surface area contributed by atoms with Crippen LogP contribution in [0.4, 0.5) is 11.4 Å². The molecular weight excluding hydrogens is 268 g/mol. The topological polar surface area (TPSA) is 83.6 Å². The molecule has 5 heteroatoms.